The number of hydrogen-bond donors (Lipinski definition) is 1. The molecule has 0 amide bonds. The smallest absolute Gasteiger partial charge is 0.306 e. The molecule has 0 saturated heterocycles. The van der Waals surface area contributed by atoms with Gasteiger partial charge in [0.15, 0.2) is 0 Å². The van der Waals surface area contributed by atoms with Gasteiger partial charge in [0.1, 0.15) is 12.2 Å². The third-order valence-corrected chi connectivity index (χ3v) is 9.55. The van der Waals surface area contributed by atoms with Crippen molar-refractivity contribution >= 4 is 23.9 Å². The fraction of sp³-hybridized carbons (Fsp3) is 0.822. The number of aliphatic carboxylic acids is 1. The topological polar surface area (TPSA) is 119 Å². The van der Waals surface area contributed by atoms with E-state index < -0.39 is 11.9 Å². The van der Waals surface area contributed by atoms with Crippen molar-refractivity contribution in [2.75, 3.05) is 27.2 Å². The molecule has 2 atom stereocenters. The van der Waals surface area contributed by atoms with Gasteiger partial charge in [0, 0.05) is 32.2 Å². The van der Waals surface area contributed by atoms with Crippen LogP contribution in [0.1, 0.15) is 200 Å². The van der Waals surface area contributed by atoms with Crippen molar-refractivity contribution in [3.63, 3.8) is 0 Å². The van der Waals surface area contributed by atoms with Crippen molar-refractivity contribution in [2.24, 2.45) is 0 Å². The molecule has 0 bridgehead atoms. The van der Waals surface area contributed by atoms with Crippen LogP contribution in [0, 0.1) is 0 Å². The molecule has 0 heterocycles. The Morgan fingerprint density at radius 2 is 0.963 bits per heavy atom. The first kappa shape index (κ1) is 51.3. The first-order valence-corrected chi connectivity index (χ1v) is 21.9. The highest BCUT2D eigenvalue weighted by Crippen LogP contribution is 2.17. The van der Waals surface area contributed by atoms with Gasteiger partial charge < -0.3 is 24.2 Å². The van der Waals surface area contributed by atoms with Crippen LogP contribution in [0.3, 0.4) is 0 Å². The lowest BCUT2D eigenvalue weighted by molar-refractivity contribution is -0.152. The summed E-state index contributed by atoms with van der Waals surface area (Å²) in [6, 6.07) is 0. The average Bonchev–Trinajstić information content (AvgIpc) is 3.13. The fourth-order valence-electron chi connectivity index (χ4n) is 6.24. The van der Waals surface area contributed by atoms with Crippen LogP contribution in [0.5, 0.6) is 0 Å². The Labute approximate surface area is 330 Å². The normalized spacial score (nSPS) is 12.8. The van der Waals surface area contributed by atoms with Gasteiger partial charge in [-0.25, -0.2) is 0 Å². The molecule has 0 rings (SSSR count). The van der Waals surface area contributed by atoms with Gasteiger partial charge >= 0.3 is 23.9 Å². The van der Waals surface area contributed by atoms with E-state index in [0.717, 1.165) is 141 Å². The summed E-state index contributed by atoms with van der Waals surface area (Å²) < 4.78 is 16.8. The summed E-state index contributed by atoms with van der Waals surface area (Å²) in [5.74, 6) is -1.56. The van der Waals surface area contributed by atoms with Gasteiger partial charge in [-0.1, -0.05) is 115 Å². The minimum atomic E-state index is -0.984. The van der Waals surface area contributed by atoms with E-state index in [2.05, 4.69) is 43.1 Å². The predicted octanol–water partition coefficient (Wildman–Crippen LogP) is 11.5. The van der Waals surface area contributed by atoms with E-state index >= 15 is 0 Å². The predicted molar refractivity (Wildman–Crippen MR) is 220 cm³/mol. The zero-order chi connectivity index (χ0) is 39.9. The number of rotatable bonds is 39. The lowest BCUT2D eigenvalue weighted by Crippen LogP contribution is -2.18. The van der Waals surface area contributed by atoms with E-state index in [9.17, 15) is 19.2 Å². The van der Waals surface area contributed by atoms with Crippen molar-refractivity contribution in [1.29, 1.82) is 0 Å². The van der Waals surface area contributed by atoms with Crippen LogP contribution in [-0.2, 0) is 33.4 Å². The quantitative estimate of drug-likeness (QED) is 0.0282. The van der Waals surface area contributed by atoms with Gasteiger partial charge in [-0.05, 0) is 84.7 Å². The lowest BCUT2D eigenvalue weighted by atomic mass is 10.1. The molecular weight excluding hydrogens is 682 g/mol. The first-order chi connectivity index (χ1) is 26.2. The summed E-state index contributed by atoms with van der Waals surface area (Å²) in [6.07, 6.45) is 34.9. The van der Waals surface area contributed by atoms with Crippen LogP contribution in [0.2, 0.25) is 0 Å². The monoisotopic (exact) mass is 764 g/mol. The minimum absolute atomic E-state index is 0.0377. The largest absolute Gasteiger partial charge is 0.481 e. The molecule has 0 radical (unpaired) electrons. The highest BCUT2D eigenvalue weighted by molar-refractivity contribution is 5.76. The third kappa shape index (κ3) is 37.6. The van der Waals surface area contributed by atoms with Crippen molar-refractivity contribution in [3.05, 3.63) is 24.3 Å². The standard InChI is InChI=1S/C45H81NO8/c1-5-7-9-23-30-40(32-25-19-15-11-13-17-21-27-34-43(49)52-39-29-38-46(3)4)53-44(50)35-28-22-18-14-12-16-20-26-33-41(31-24-10-8-6-2)54-45(51)37-36-42(47)48/h19-20,25-26,40-41H,5-18,21-24,27-39H2,1-4H3,(H,47,48)/b25-19+,26-20+. The molecule has 1 N–H and O–H groups in total. The van der Waals surface area contributed by atoms with Crippen molar-refractivity contribution < 1.29 is 38.5 Å². The molecule has 0 aliphatic carbocycles. The van der Waals surface area contributed by atoms with E-state index in [1.807, 2.05) is 14.1 Å². The summed E-state index contributed by atoms with van der Waals surface area (Å²) in [6.45, 7) is 5.82. The van der Waals surface area contributed by atoms with Crippen molar-refractivity contribution in [3.8, 4) is 0 Å². The van der Waals surface area contributed by atoms with Gasteiger partial charge in [0.25, 0.3) is 0 Å². The second-order valence-corrected chi connectivity index (χ2v) is 15.2. The molecular formula is C45H81NO8. The van der Waals surface area contributed by atoms with Gasteiger partial charge in [0.05, 0.1) is 19.4 Å². The Balaban J connectivity index is 4.21. The van der Waals surface area contributed by atoms with Gasteiger partial charge in [-0.15, -0.1) is 0 Å². The molecule has 0 aromatic rings. The molecule has 0 saturated carbocycles. The Kier molecular flexibility index (Phi) is 36.7. The minimum Gasteiger partial charge on any atom is -0.481 e. The van der Waals surface area contributed by atoms with Gasteiger partial charge in [-0.2, -0.15) is 0 Å². The first-order valence-electron chi connectivity index (χ1n) is 21.9. The number of esters is 3. The third-order valence-electron chi connectivity index (χ3n) is 9.55. The maximum atomic E-state index is 12.7. The summed E-state index contributed by atoms with van der Waals surface area (Å²) in [7, 11) is 4.04. The molecule has 0 aliphatic heterocycles. The number of hydrogen-bond acceptors (Lipinski definition) is 8. The number of unbranched alkanes of at least 4 members (excludes halogenated alkanes) is 16. The average molecular weight is 764 g/mol. The Bertz CT molecular complexity index is 979. The maximum Gasteiger partial charge on any atom is 0.306 e. The number of nitrogens with zero attached hydrogens (tertiary/aromatic N) is 1. The SMILES string of the molecule is CCCCCCC(C/C=C/CCCCCCCC(=O)OCCCN(C)C)OC(=O)CCCCCCC/C=C/CC(CCCCCC)OC(=O)CCC(=O)O. The maximum absolute atomic E-state index is 12.7. The van der Waals surface area contributed by atoms with E-state index in [4.69, 9.17) is 19.3 Å². The summed E-state index contributed by atoms with van der Waals surface area (Å²) in [5, 5.41) is 8.83. The van der Waals surface area contributed by atoms with Crippen LogP contribution in [0.4, 0.5) is 0 Å². The molecule has 0 aromatic heterocycles. The molecule has 0 aromatic carbocycles. The van der Waals surface area contributed by atoms with Crippen LogP contribution in [0.15, 0.2) is 24.3 Å². The second kappa shape index (κ2) is 38.6. The number of ether oxygens (including phenoxy) is 3. The number of allylic oxidation sites excluding steroid dienone is 2. The van der Waals surface area contributed by atoms with Crippen LogP contribution < -0.4 is 0 Å². The molecule has 9 heteroatoms. The second-order valence-electron chi connectivity index (χ2n) is 15.2. The van der Waals surface area contributed by atoms with E-state index in [1.165, 1.54) is 19.3 Å². The Morgan fingerprint density at radius 3 is 1.44 bits per heavy atom. The molecule has 0 fully saturated rings. The Morgan fingerprint density at radius 1 is 0.519 bits per heavy atom. The van der Waals surface area contributed by atoms with E-state index in [1.54, 1.807) is 0 Å². The van der Waals surface area contributed by atoms with Crippen LogP contribution >= 0.6 is 0 Å². The fourth-order valence-corrected chi connectivity index (χ4v) is 6.24. The molecule has 54 heavy (non-hydrogen) atoms. The number of carboxylic acid groups (broad SMARTS) is 1. The lowest BCUT2D eigenvalue weighted by Gasteiger charge is -2.16. The van der Waals surface area contributed by atoms with E-state index in [0.29, 0.717) is 25.9 Å². The molecule has 2 unspecified atom stereocenters. The summed E-state index contributed by atoms with van der Waals surface area (Å²) in [4.78, 5) is 49.5. The Hall–Kier alpha value is -2.68. The van der Waals surface area contributed by atoms with E-state index in [-0.39, 0.29) is 37.0 Å². The van der Waals surface area contributed by atoms with Crippen molar-refractivity contribution in [2.45, 2.75) is 212 Å². The van der Waals surface area contributed by atoms with Crippen LogP contribution in [0.25, 0.3) is 0 Å². The molecule has 0 aliphatic rings. The number of carboxylic acids is 1. The highest BCUT2D eigenvalue weighted by Gasteiger charge is 2.15. The van der Waals surface area contributed by atoms with Crippen LogP contribution in [-0.4, -0.2) is 73.3 Å². The molecule has 314 valence electrons. The highest BCUT2D eigenvalue weighted by atomic mass is 16.5. The number of carbonyl (C=O) groups is 4. The molecule has 0 spiro atoms. The zero-order valence-electron chi connectivity index (χ0n) is 35.1. The van der Waals surface area contributed by atoms with Gasteiger partial charge in [-0.3, -0.25) is 19.2 Å². The zero-order valence-corrected chi connectivity index (χ0v) is 35.1. The summed E-state index contributed by atoms with van der Waals surface area (Å²) in [5.41, 5.74) is 0. The summed E-state index contributed by atoms with van der Waals surface area (Å²) >= 11 is 0. The number of carbonyl (C=O) groups excluding carboxylic acids is 3. The van der Waals surface area contributed by atoms with Gasteiger partial charge in [0.2, 0.25) is 0 Å². The van der Waals surface area contributed by atoms with Crippen molar-refractivity contribution in [1.82, 2.24) is 4.90 Å². The molecule has 9 nitrogen and oxygen atoms in total.